The lowest BCUT2D eigenvalue weighted by atomic mass is 10.1. The molecule has 1 aliphatic heterocycles. The van der Waals surface area contributed by atoms with Crippen molar-refractivity contribution >= 4 is 23.4 Å². The van der Waals surface area contributed by atoms with E-state index in [1.165, 1.54) is 0 Å². The molecule has 4 rings (SSSR count). The fourth-order valence-electron chi connectivity index (χ4n) is 3.84. The van der Waals surface area contributed by atoms with Crippen LogP contribution < -0.4 is 5.32 Å². The van der Waals surface area contributed by atoms with Crippen molar-refractivity contribution in [3.63, 3.8) is 0 Å². The molecule has 3 aromatic rings. The Labute approximate surface area is 199 Å². The minimum absolute atomic E-state index is 0.145. The molecule has 0 radical (unpaired) electrons. The highest BCUT2D eigenvalue weighted by molar-refractivity contribution is 6.32. The molecule has 0 bridgehead atoms. The van der Waals surface area contributed by atoms with Crippen molar-refractivity contribution in [2.75, 3.05) is 19.6 Å². The molecule has 0 atom stereocenters. The Morgan fingerprint density at radius 2 is 1.85 bits per heavy atom. The maximum Gasteiger partial charge on any atom is 0.435 e. The molecular weight excluding hydrogens is 469 g/mol. The molecule has 0 saturated carbocycles. The molecule has 34 heavy (non-hydrogen) atoms. The van der Waals surface area contributed by atoms with Crippen LogP contribution in [0.1, 0.15) is 35.3 Å². The molecule has 1 aliphatic rings. The van der Waals surface area contributed by atoms with Crippen LogP contribution in [0.15, 0.2) is 54.6 Å². The van der Waals surface area contributed by atoms with Crippen LogP contribution in [0.4, 0.5) is 13.2 Å². The van der Waals surface area contributed by atoms with E-state index < -0.39 is 11.9 Å². The molecule has 0 spiro atoms. The van der Waals surface area contributed by atoms with Crippen molar-refractivity contribution in [3.05, 3.63) is 70.9 Å². The summed E-state index contributed by atoms with van der Waals surface area (Å²) in [6, 6.07) is 13.7. The quantitative estimate of drug-likeness (QED) is 0.476. The number of carbonyl (C=O) groups excluding carboxylic acids is 2. The summed E-state index contributed by atoms with van der Waals surface area (Å²) in [6.07, 6.45) is -2.52. The SMILES string of the molecule is O=C(NCCCN1CCCC1=O)c1ccc(-c2cc(C(F)(F)F)nn2-c2ccccc2Cl)cc1. The van der Waals surface area contributed by atoms with E-state index in [0.717, 1.165) is 23.7 Å². The zero-order valence-electron chi connectivity index (χ0n) is 18.1. The van der Waals surface area contributed by atoms with Crippen LogP contribution in [0.5, 0.6) is 0 Å². The van der Waals surface area contributed by atoms with Crippen molar-refractivity contribution < 1.29 is 22.8 Å². The lowest BCUT2D eigenvalue weighted by Gasteiger charge is -2.15. The van der Waals surface area contributed by atoms with Gasteiger partial charge in [-0.15, -0.1) is 0 Å². The Balaban J connectivity index is 1.49. The predicted molar refractivity (Wildman–Crippen MR) is 122 cm³/mol. The van der Waals surface area contributed by atoms with E-state index in [1.807, 2.05) is 0 Å². The molecule has 10 heteroatoms. The maximum atomic E-state index is 13.4. The van der Waals surface area contributed by atoms with Gasteiger partial charge in [0, 0.05) is 37.2 Å². The van der Waals surface area contributed by atoms with Gasteiger partial charge in [-0.25, -0.2) is 4.68 Å². The van der Waals surface area contributed by atoms with Crippen LogP contribution in [0, 0.1) is 0 Å². The maximum absolute atomic E-state index is 13.4. The second kappa shape index (κ2) is 9.89. The number of amides is 2. The number of nitrogens with zero attached hydrogens (tertiary/aromatic N) is 3. The molecule has 1 fully saturated rings. The van der Waals surface area contributed by atoms with Gasteiger partial charge >= 0.3 is 6.18 Å². The summed E-state index contributed by atoms with van der Waals surface area (Å²) in [5, 5.41) is 6.80. The Morgan fingerprint density at radius 1 is 1.12 bits per heavy atom. The highest BCUT2D eigenvalue weighted by Gasteiger charge is 2.35. The van der Waals surface area contributed by atoms with Gasteiger partial charge in [-0.3, -0.25) is 9.59 Å². The molecule has 1 aromatic heterocycles. The van der Waals surface area contributed by atoms with E-state index >= 15 is 0 Å². The number of alkyl halides is 3. The number of nitrogens with one attached hydrogen (secondary N) is 1. The van der Waals surface area contributed by atoms with Crippen LogP contribution >= 0.6 is 11.6 Å². The monoisotopic (exact) mass is 490 g/mol. The summed E-state index contributed by atoms with van der Waals surface area (Å²) >= 11 is 6.20. The van der Waals surface area contributed by atoms with Gasteiger partial charge in [-0.2, -0.15) is 18.3 Å². The van der Waals surface area contributed by atoms with E-state index in [2.05, 4.69) is 10.4 Å². The van der Waals surface area contributed by atoms with Gasteiger partial charge in [0.1, 0.15) is 0 Å². The van der Waals surface area contributed by atoms with Gasteiger partial charge in [-0.05, 0) is 43.2 Å². The average Bonchev–Trinajstić information content (AvgIpc) is 3.43. The summed E-state index contributed by atoms with van der Waals surface area (Å²) in [7, 11) is 0. The smallest absolute Gasteiger partial charge is 0.352 e. The third kappa shape index (κ3) is 5.25. The van der Waals surface area contributed by atoms with Crippen molar-refractivity contribution in [1.82, 2.24) is 20.0 Å². The number of rotatable bonds is 7. The van der Waals surface area contributed by atoms with Crippen molar-refractivity contribution in [1.29, 1.82) is 0 Å². The molecule has 0 aliphatic carbocycles. The number of halogens is 4. The molecule has 2 aromatic carbocycles. The number of benzene rings is 2. The van der Waals surface area contributed by atoms with Crippen LogP contribution in [0.2, 0.25) is 5.02 Å². The van der Waals surface area contributed by atoms with E-state index in [0.29, 0.717) is 42.7 Å². The first-order chi connectivity index (χ1) is 16.2. The molecule has 6 nitrogen and oxygen atoms in total. The molecule has 0 unspecified atom stereocenters. The Hall–Kier alpha value is -3.33. The summed E-state index contributed by atoms with van der Waals surface area (Å²) in [5.74, 6) is -0.151. The van der Waals surface area contributed by atoms with Crippen molar-refractivity contribution in [3.8, 4) is 16.9 Å². The van der Waals surface area contributed by atoms with Crippen LogP contribution in [0.3, 0.4) is 0 Å². The zero-order chi connectivity index (χ0) is 24.3. The highest BCUT2D eigenvalue weighted by atomic mass is 35.5. The van der Waals surface area contributed by atoms with Crippen molar-refractivity contribution in [2.24, 2.45) is 0 Å². The first kappa shape index (κ1) is 23.8. The lowest BCUT2D eigenvalue weighted by Crippen LogP contribution is -2.30. The molecule has 178 valence electrons. The Kier molecular flexibility index (Phi) is 6.92. The van der Waals surface area contributed by atoms with Gasteiger partial charge in [-0.1, -0.05) is 35.9 Å². The minimum atomic E-state index is -4.62. The van der Waals surface area contributed by atoms with Crippen LogP contribution in [-0.4, -0.2) is 46.1 Å². The topological polar surface area (TPSA) is 67.2 Å². The normalized spacial score (nSPS) is 14.0. The van der Waals surface area contributed by atoms with Gasteiger partial charge in [0.15, 0.2) is 5.69 Å². The number of aromatic nitrogens is 2. The largest absolute Gasteiger partial charge is 0.435 e. The second-order valence-corrected chi connectivity index (χ2v) is 8.35. The van der Waals surface area contributed by atoms with E-state index in [4.69, 9.17) is 11.6 Å². The number of likely N-dealkylation sites (tertiary alicyclic amines) is 1. The Morgan fingerprint density at radius 3 is 2.50 bits per heavy atom. The number of para-hydroxylation sites is 1. The highest BCUT2D eigenvalue weighted by Crippen LogP contribution is 2.34. The van der Waals surface area contributed by atoms with Gasteiger partial charge in [0.05, 0.1) is 16.4 Å². The summed E-state index contributed by atoms with van der Waals surface area (Å²) in [5.41, 5.74) is 0.296. The first-order valence-corrected chi connectivity index (χ1v) is 11.2. The van der Waals surface area contributed by atoms with Crippen LogP contribution in [-0.2, 0) is 11.0 Å². The molecule has 1 saturated heterocycles. The molecular formula is C24H22ClF3N4O2. The van der Waals surface area contributed by atoms with E-state index in [9.17, 15) is 22.8 Å². The minimum Gasteiger partial charge on any atom is -0.352 e. The summed E-state index contributed by atoms with van der Waals surface area (Å²) in [6.45, 7) is 1.78. The van der Waals surface area contributed by atoms with E-state index in [-0.39, 0.29) is 22.5 Å². The number of hydrogen-bond acceptors (Lipinski definition) is 3. The van der Waals surface area contributed by atoms with Gasteiger partial charge < -0.3 is 10.2 Å². The third-order valence-electron chi connectivity index (χ3n) is 5.59. The zero-order valence-corrected chi connectivity index (χ0v) is 18.9. The Bertz CT molecular complexity index is 1190. The van der Waals surface area contributed by atoms with Gasteiger partial charge in [0.2, 0.25) is 5.91 Å². The summed E-state index contributed by atoms with van der Waals surface area (Å²) < 4.78 is 41.3. The second-order valence-electron chi connectivity index (χ2n) is 7.95. The standard InChI is InChI=1S/C24H22ClF3N4O2/c25-18-5-1-2-6-19(18)32-20(15-21(30-32)24(26,27)28)16-8-10-17(11-9-16)23(34)29-12-4-14-31-13-3-7-22(31)33/h1-2,5-6,8-11,15H,3-4,7,12-14H2,(H,29,34). The van der Waals surface area contributed by atoms with Crippen molar-refractivity contribution in [2.45, 2.75) is 25.4 Å². The molecule has 1 N–H and O–H groups in total. The summed E-state index contributed by atoms with van der Waals surface area (Å²) in [4.78, 5) is 25.9. The van der Waals surface area contributed by atoms with Crippen LogP contribution in [0.25, 0.3) is 16.9 Å². The fraction of sp³-hybridized carbons (Fsp3) is 0.292. The first-order valence-electron chi connectivity index (χ1n) is 10.8. The predicted octanol–water partition coefficient (Wildman–Crippen LogP) is 4.95. The molecule has 2 amide bonds. The number of carbonyl (C=O) groups is 2. The third-order valence-corrected chi connectivity index (χ3v) is 5.90. The fourth-order valence-corrected chi connectivity index (χ4v) is 4.05. The lowest BCUT2D eigenvalue weighted by molar-refractivity contribution is -0.141. The average molecular weight is 491 g/mol. The van der Waals surface area contributed by atoms with E-state index in [1.54, 1.807) is 53.4 Å². The molecule has 2 heterocycles. The number of hydrogen-bond donors (Lipinski definition) is 1. The van der Waals surface area contributed by atoms with Gasteiger partial charge in [0.25, 0.3) is 5.91 Å².